The third kappa shape index (κ3) is 8.10. The van der Waals surface area contributed by atoms with Crippen LogP contribution in [0.1, 0.15) is 39.5 Å². The van der Waals surface area contributed by atoms with Gasteiger partial charge < -0.3 is 12.4 Å². The Morgan fingerprint density at radius 1 is 0.880 bits per heavy atom. The predicted molar refractivity (Wildman–Crippen MR) is 104 cm³/mol. The smallest absolute Gasteiger partial charge is 1.00 e. The van der Waals surface area contributed by atoms with Crippen molar-refractivity contribution in [3.63, 3.8) is 0 Å². The van der Waals surface area contributed by atoms with Crippen molar-refractivity contribution >= 4 is 5.43 Å². The fourth-order valence-electron chi connectivity index (χ4n) is 3.93. The molecule has 0 bridgehead atoms. The molecule has 4 atom stereocenters. The maximum Gasteiger partial charge on any atom is -1.00 e. The summed E-state index contributed by atoms with van der Waals surface area (Å²) in [5.74, 6) is 3.35. The van der Waals surface area contributed by atoms with Crippen molar-refractivity contribution in [3.05, 3.63) is 60.4 Å². The largest absolute Gasteiger partial charge is 1.00 e. The monoisotopic (exact) mass is 449 g/mol. The molecule has 4 unspecified atom stereocenters. The van der Waals surface area contributed by atoms with Crippen LogP contribution in [-0.4, -0.2) is 5.43 Å². The summed E-state index contributed by atoms with van der Waals surface area (Å²) in [4.78, 5) is 0. The van der Waals surface area contributed by atoms with Gasteiger partial charge in [0.2, 0.25) is 0 Å². The van der Waals surface area contributed by atoms with E-state index in [0.717, 1.165) is 23.7 Å². The summed E-state index contributed by atoms with van der Waals surface area (Å²) >= 11 is 1.74. The molecule has 0 aromatic heterocycles. The third-order valence-corrected chi connectivity index (χ3v) is 4.90. The van der Waals surface area contributed by atoms with Gasteiger partial charge in [-0.1, -0.05) is 38.5 Å². The van der Waals surface area contributed by atoms with Gasteiger partial charge in [-0.3, -0.25) is 0 Å². The summed E-state index contributed by atoms with van der Waals surface area (Å²) in [6.45, 7) is 9.23. The van der Waals surface area contributed by atoms with Crippen molar-refractivity contribution in [2.45, 2.75) is 52.6 Å². The number of allylic oxidation sites excluding steroid dienone is 8. The second-order valence-corrected chi connectivity index (χ2v) is 17.2. The van der Waals surface area contributed by atoms with E-state index in [-0.39, 0.29) is 17.8 Å². The molecule has 0 aromatic rings. The zero-order valence-electron chi connectivity index (χ0n) is 16.1. The summed E-state index contributed by atoms with van der Waals surface area (Å²) in [6.07, 6.45) is 23.5. The first-order valence-electron chi connectivity index (χ1n) is 9.40. The van der Waals surface area contributed by atoms with Gasteiger partial charge in [0, 0.05) is 0 Å². The van der Waals surface area contributed by atoms with Crippen molar-refractivity contribution in [1.29, 1.82) is 0 Å². The normalized spacial score (nSPS) is 30.4. The molecule has 4 rings (SSSR count). The molecular weight excluding hydrogens is 419 g/mol. The standard InChI is InChI=1S/2C10H13.C2H6Si.ClH.Zr/c2*1-8-6-9-4-2-3-5-10(9)7-8;1-3-2;;/h2*2-4,6,8,10H,5,7H2,1H3;1-2H3;1H;/q2*-1;;;/p-1. The van der Waals surface area contributed by atoms with E-state index in [1.54, 1.807) is 34.5 Å². The molecule has 0 heterocycles. The Bertz CT molecular complexity index is 510. The molecule has 25 heavy (non-hydrogen) atoms. The molecule has 0 saturated heterocycles. The number of halogens is 1. The van der Waals surface area contributed by atoms with E-state index < -0.39 is 0 Å². The van der Waals surface area contributed by atoms with Gasteiger partial charge in [0.05, 0.1) is 0 Å². The van der Waals surface area contributed by atoms with Crippen LogP contribution in [-0.2, 0) is 23.3 Å². The molecule has 138 valence electrons. The molecule has 3 heteroatoms. The summed E-state index contributed by atoms with van der Waals surface area (Å²) in [5, 5.41) is 0. The van der Waals surface area contributed by atoms with Crippen molar-refractivity contribution in [1.82, 2.24) is 0 Å². The van der Waals surface area contributed by atoms with E-state index in [1.165, 1.54) is 25.7 Å². The van der Waals surface area contributed by atoms with Gasteiger partial charge in [0.15, 0.2) is 0 Å². The predicted octanol–water partition coefficient (Wildman–Crippen LogP) is 3.25. The Morgan fingerprint density at radius 3 is 1.56 bits per heavy atom. The molecule has 4 aliphatic carbocycles. The quantitative estimate of drug-likeness (QED) is 0.392. The Kier molecular flexibility index (Phi) is 10.9. The van der Waals surface area contributed by atoms with Gasteiger partial charge in [0.1, 0.15) is 0 Å². The molecule has 0 spiro atoms. The average molecular weight is 451 g/mol. The van der Waals surface area contributed by atoms with E-state index in [2.05, 4.69) is 76.2 Å². The molecule has 4 aliphatic rings. The molecule has 0 N–H and O–H groups in total. The van der Waals surface area contributed by atoms with Gasteiger partial charge in [-0.15, -0.1) is 24.3 Å². The first-order valence-corrected chi connectivity index (χ1v) is 15.6. The van der Waals surface area contributed by atoms with E-state index >= 15 is 0 Å². The Morgan fingerprint density at radius 2 is 1.24 bits per heavy atom. The zero-order valence-corrected chi connectivity index (χ0v) is 20.3. The number of fused-ring (bicyclic) bond motifs is 2. The number of rotatable bonds is 0. The van der Waals surface area contributed by atoms with E-state index in [1.807, 2.05) is 0 Å². The minimum atomic E-state index is 0. The maximum absolute atomic E-state index is 2.41. The molecule has 2 saturated carbocycles. The molecule has 0 aliphatic heterocycles. The molecule has 2 fully saturated rings. The summed E-state index contributed by atoms with van der Waals surface area (Å²) < 4.78 is 0. The second-order valence-electron chi connectivity index (χ2n) is 7.81. The Labute approximate surface area is 177 Å². The summed E-state index contributed by atoms with van der Waals surface area (Å²) in [5.41, 5.74) is 3.37. The number of hydrogen-bond acceptors (Lipinski definition) is 0. The molecule has 0 radical (unpaired) electrons. The van der Waals surface area contributed by atoms with Crippen molar-refractivity contribution in [3.8, 4) is 0 Å². The van der Waals surface area contributed by atoms with Crippen LogP contribution < -0.4 is 12.4 Å². The van der Waals surface area contributed by atoms with Crippen molar-refractivity contribution in [2.24, 2.45) is 23.7 Å². The molecule has 0 amide bonds. The molecule has 0 aromatic carbocycles. The van der Waals surface area contributed by atoms with E-state index in [0.29, 0.717) is 0 Å². The number of hydrogen-bond donors (Lipinski definition) is 0. The Hall–Kier alpha value is 0.0900. The van der Waals surface area contributed by atoms with Crippen molar-refractivity contribution < 1.29 is 35.7 Å². The topological polar surface area (TPSA) is 0 Å². The summed E-state index contributed by atoms with van der Waals surface area (Å²) in [7, 11) is 0. The minimum absolute atomic E-state index is 0. The van der Waals surface area contributed by atoms with Crippen LogP contribution >= 0.6 is 0 Å². The summed E-state index contributed by atoms with van der Waals surface area (Å²) in [6, 6.07) is 0. The van der Waals surface area contributed by atoms with E-state index in [9.17, 15) is 0 Å². The molecular formula is C22H32ClSiZr-3. The van der Waals surface area contributed by atoms with Gasteiger partial charge >= 0.3 is 41.9 Å². The fourth-order valence-corrected chi connectivity index (χ4v) is 3.93. The second kappa shape index (κ2) is 11.7. The maximum atomic E-state index is 2.41. The fraction of sp³-hybridized carbons (Fsp3) is 0.545. The first kappa shape index (κ1) is 23.1. The zero-order chi connectivity index (χ0) is 17.5. The average Bonchev–Trinajstić information content (AvgIpc) is 3.07. The SMILES string of the molecule is CC1[CH-]C2=CC=CCC2C1.CC1[CH-]C2=CC=CCC2C1.C[Si](C)=[Zr].[Cl-]. The Balaban J connectivity index is 0.000000201. The van der Waals surface area contributed by atoms with Crippen LogP contribution in [0.2, 0.25) is 13.1 Å². The van der Waals surface area contributed by atoms with Gasteiger partial charge in [-0.2, -0.15) is 0 Å². The van der Waals surface area contributed by atoms with Crippen LogP contribution in [0.4, 0.5) is 0 Å². The van der Waals surface area contributed by atoms with Gasteiger partial charge in [0.25, 0.3) is 0 Å². The van der Waals surface area contributed by atoms with Gasteiger partial charge in [-0.25, -0.2) is 36.1 Å². The molecule has 0 nitrogen and oxygen atoms in total. The van der Waals surface area contributed by atoms with Crippen LogP contribution in [0.15, 0.2) is 47.6 Å². The first-order chi connectivity index (χ1) is 11.5. The van der Waals surface area contributed by atoms with Crippen molar-refractivity contribution in [2.75, 3.05) is 0 Å². The van der Waals surface area contributed by atoms with Crippen LogP contribution in [0, 0.1) is 36.5 Å². The van der Waals surface area contributed by atoms with Crippen LogP contribution in [0.3, 0.4) is 0 Å². The minimum Gasteiger partial charge on any atom is -1.00 e. The van der Waals surface area contributed by atoms with Crippen LogP contribution in [0.5, 0.6) is 0 Å². The third-order valence-electron chi connectivity index (χ3n) is 4.90. The van der Waals surface area contributed by atoms with Crippen LogP contribution in [0.25, 0.3) is 0 Å². The van der Waals surface area contributed by atoms with Gasteiger partial charge in [-0.05, 0) is 24.7 Å². The van der Waals surface area contributed by atoms with E-state index in [4.69, 9.17) is 0 Å².